The van der Waals surface area contributed by atoms with E-state index in [1.807, 2.05) is 0 Å². The first kappa shape index (κ1) is 10.7. The van der Waals surface area contributed by atoms with Crippen molar-refractivity contribution in [3.63, 3.8) is 0 Å². The molecule has 0 aromatic carbocycles. The van der Waals surface area contributed by atoms with Crippen LogP contribution in [0.5, 0.6) is 0 Å². The fraction of sp³-hybridized carbons (Fsp3) is 0.833. The number of hydrogen-bond acceptors (Lipinski definition) is 3. The molecule has 0 bridgehead atoms. The second-order valence-electron chi connectivity index (χ2n) is 2.73. The second kappa shape index (κ2) is 3.90. The number of carboxylic acids is 1. The van der Waals surface area contributed by atoms with E-state index in [-0.39, 0.29) is 18.4 Å². The summed E-state index contributed by atoms with van der Waals surface area (Å²) in [6.07, 6.45) is 0.198. The molecule has 1 rings (SSSR count). The largest absolute Gasteiger partial charge is 0.481 e. The molecule has 4 N–H and O–H groups in total. The molecular weight excluding hydrogens is 170 g/mol. The Bertz CT molecular complexity index is 153. The molecule has 1 saturated carbocycles. The molecule has 3 atom stereocenters. The highest BCUT2D eigenvalue weighted by Gasteiger charge is 2.35. The molecule has 0 aromatic rings. The molecule has 1 aliphatic rings. The van der Waals surface area contributed by atoms with E-state index in [1.54, 1.807) is 0 Å². The minimum atomic E-state index is -0.899. The van der Waals surface area contributed by atoms with E-state index in [2.05, 4.69) is 0 Å². The summed E-state index contributed by atoms with van der Waals surface area (Å²) in [4.78, 5) is 10.4. The van der Waals surface area contributed by atoms with Gasteiger partial charge in [-0.1, -0.05) is 0 Å². The smallest absolute Gasteiger partial charge is 0.308 e. The minimum absolute atomic E-state index is 0. The van der Waals surface area contributed by atoms with Crippen LogP contribution in [0.4, 0.5) is 0 Å². The van der Waals surface area contributed by atoms with Crippen molar-refractivity contribution < 1.29 is 15.0 Å². The van der Waals surface area contributed by atoms with Crippen molar-refractivity contribution in [3.05, 3.63) is 0 Å². The molecule has 4 nitrogen and oxygen atoms in total. The van der Waals surface area contributed by atoms with Gasteiger partial charge in [-0.05, 0) is 12.8 Å². The Kier molecular flexibility index (Phi) is 3.78. The number of carbonyl (C=O) groups is 1. The third-order valence-corrected chi connectivity index (χ3v) is 1.90. The van der Waals surface area contributed by atoms with Crippen LogP contribution in [0.2, 0.25) is 0 Å². The van der Waals surface area contributed by atoms with Crippen LogP contribution in [-0.4, -0.2) is 28.3 Å². The summed E-state index contributed by atoms with van der Waals surface area (Å²) < 4.78 is 0. The van der Waals surface area contributed by atoms with Gasteiger partial charge in [0.15, 0.2) is 0 Å². The van der Waals surface area contributed by atoms with Gasteiger partial charge in [0.05, 0.1) is 12.0 Å². The minimum Gasteiger partial charge on any atom is -0.481 e. The first-order chi connectivity index (χ1) is 4.61. The molecule has 0 saturated heterocycles. The van der Waals surface area contributed by atoms with Crippen LogP contribution in [-0.2, 0) is 4.79 Å². The van der Waals surface area contributed by atoms with Crippen LogP contribution in [0.25, 0.3) is 0 Å². The first-order valence-electron chi connectivity index (χ1n) is 3.27. The molecular formula is C6H12ClNO3. The highest BCUT2D eigenvalue weighted by molar-refractivity contribution is 5.85. The third kappa shape index (κ3) is 2.32. The predicted molar refractivity (Wildman–Crippen MR) is 41.6 cm³/mol. The third-order valence-electron chi connectivity index (χ3n) is 1.90. The molecule has 0 spiro atoms. The molecule has 0 aromatic heterocycles. The van der Waals surface area contributed by atoms with Crippen LogP contribution in [0.15, 0.2) is 0 Å². The van der Waals surface area contributed by atoms with Gasteiger partial charge in [0, 0.05) is 6.04 Å². The van der Waals surface area contributed by atoms with E-state index in [1.165, 1.54) is 0 Å². The number of hydrogen-bond donors (Lipinski definition) is 3. The quantitative estimate of drug-likeness (QED) is 0.514. The van der Waals surface area contributed by atoms with Gasteiger partial charge >= 0.3 is 5.97 Å². The summed E-state index contributed by atoms with van der Waals surface area (Å²) in [5.74, 6) is -1.45. The van der Waals surface area contributed by atoms with Gasteiger partial charge in [0.25, 0.3) is 0 Å². The molecule has 66 valence electrons. The predicted octanol–water partition coefficient (Wildman–Crippen LogP) is -0.409. The summed E-state index contributed by atoms with van der Waals surface area (Å²) >= 11 is 0. The van der Waals surface area contributed by atoms with Gasteiger partial charge < -0.3 is 15.9 Å². The van der Waals surface area contributed by atoms with Crippen molar-refractivity contribution >= 4 is 18.4 Å². The number of aliphatic hydroxyl groups is 1. The maximum absolute atomic E-state index is 10.4. The number of carboxylic acid groups (broad SMARTS) is 1. The van der Waals surface area contributed by atoms with Gasteiger partial charge in [-0.25, -0.2) is 0 Å². The van der Waals surface area contributed by atoms with Crippen molar-refractivity contribution in [2.75, 3.05) is 0 Å². The zero-order valence-corrected chi connectivity index (χ0v) is 6.75. The summed E-state index contributed by atoms with van der Waals surface area (Å²) in [6, 6.07) is -0.368. The number of rotatable bonds is 1. The second-order valence-corrected chi connectivity index (χ2v) is 2.73. The van der Waals surface area contributed by atoms with Gasteiger partial charge in [0.1, 0.15) is 0 Å². The zero-order valence-electron chi connectivity index (χ0n) is 5.93. The lowest BCUT2D eigenvalue weighted by atomic mass is 10.1. The van der Waals surface area contributed by atoms with Crippen LogP contribution < -0.4 is 5.73 Å². The number of nitrogens with two attached hydrogens (primary N) is 1. The van der Waals surface area contributed by atoms with Crippen LogP contribution in [0, 0.1) is 5.92 Å². The van der Waals surface area contributed by atoms with E-state index in [0.29, 0.717) is 12.8 Å². The lowest BCUT2D eigenvalue weighted by Gasteiger charge is -2.07. The van der Waals surface area contributed by atoms with E-state index < -0.39 is 18.0 Å². The van der Waals surface area contributed by atoms with Crippen LogP contribution in [0.3, 0.4) is 0 Å². The van der Waals surface area contributed by atoms with E-state index in [9.17, 15) is 4.79 Å². The molecule has 1 fully saturated rings. The number of halogens is 1. The fourth-order valence-electron chi connectivity index (χ4n) is 1.33. The fourth-order valence-corrected chi connectivity index (χ4v) is 1.33. The Morgan fingerprint density at radius 3 is 2.18 bits per heavy atom. The molecule has 11 heavy (non-hydrogen) atoms. The molecule has 1 unspecified atom stereocenters. The van der Waals surface area contributed by atoms with Gasteiger partial charge in [-0.2, -0.15) is 0 Å². The summed E-state index contributed by atoms with van der Waals surface area (Å²) in [5.41, 5.74) is 5.43. The Labute approximate surface area is 70.8 Å². The maximum atomic E-state index is 10.4. The Morgan fingerprint density at radius 1 is 1.45 bits per heavy atom. The number of aliphatic carboxylic acids is 1. The standard InChI is InChI=1S/C6H11NO3.ClH/c7-5-2-3(8)1-4(5)6(9)10;/h3-5,8H,1-2,7H2,(H,9,10);1H/t3?,4-,5+;/m1./s1. The Hall–Kier alpha value is -0.320. The van der Waals surface area contributed by atoms with E-state index in [0.717, 1.165) is 0 Å². The van der Waals surface area contributed by atoms with Crippen molar-refractivity contribution in [3.8, 4) is 0 Å². The monoisotopic (exact) mass is 181 g/mol. The number of aliphatic hydroxyl groups excluding tert-OH is 1. The molecule has 0 heterocycles. The normalized spacial score (nSPS) is 36.4. The average Bonchev–Trinajstić information content (AvgIpc) is 2.10. The van der Waals surface area contributed by atoms with Crippen molar-refractivity contribution in [2.45, 2.75) is 25.0 Å². The Balaban J connectivity index is 0.000001000. The highest BCUT2D eigenvalue weighted by atomic mass is 35.5. The van der Waals surface area contributed by atoms with Gasteiger partial charge in [-0.3, -0.25) is 4.79 Å². The topological polar surface area (TPSA) is 83.5 Å². The lowest BCUT2D eigenvalue weighted by molar-refractivity contribution is -0.142. The lowest BCUT2D eigenvalue weighted by Crippen LogP contribution is -2.30. The van der Waals surface area contributed by atoms with Crippen LogP contribution in [0.1, 0.15) is 12.8 Å². The van der Waals surface area contributed by atoms with Gasteiger partial charge in [-0.15, -0.1) is 12.4 Å². The van der Waals surface area contributed by atoms with E-state index >= 15 is 0 Å². The van der Waals surface area contributed by atoms with Crippen molar-refractivity contribution in [1.29, 1.82) is 0 Å². The molecule has 0 aliphatic heterocycles. The highest BCUT2D eigenvalue weighted by Crippen LogP contribution is 2.24. The van der Waals surface area contributed by atoms with Crippen molar-refractivity contribution in [2.24, 2.45) is 11.7 Å². The summed E-state index contributed by atoms with van der Waals surface area (Å²) in [6.45, 7) is 0. The Morgan fingerprint density at radius 2 is 2.00 bits per heavy atom. The van der Waals surface area contributed by atoms with Gasteiger partial charge in [0.2, 0.25) is 0 Å². The molecule has 0 amide bonds. The molecule has 1 aliphatic carbocycles. The summed E-state index contributed by atoms with van der Waals surface area (Å²) in [7, 11) is 0. The molecule has 5 heteroatoms. The average molecular weight is 182 g/mol. The SMILES string of the molecule is Cl.N[C@H]1CC(O)C[C@H]1C(=O)O. The zero-order chi connectivity index (χ0) is 7.72. The van der Waals surface area contributed by atoms with E-state index in [4.69, 9.17) is 15.9 Å². The summed E-state index contributed by atoms with van der Waals surface area (Å²) in [5, 5.41) is 17.5. The first-order valence-corrected chi connectivity index (χ1v) is 3.27. The van der Waals surface area contributed by atoms with Crippen molar-refractivity contribution in [1.82, 2.24) is 0 Å². The molecule has 0 radical (unpaired) electrons. The van der Waals surface area contributed by atoms with Crippen LogP contribution >= 0.6 is 12.4 Å². The maximum Gasteiger partial charge on any atom is 0.308 e.